The van der Waals surface area contributed by atoms with Crippen molar-refractivity contribution in [3.63, 3.8) is 0 Å². The van der Waals surface area contributed by atoms with Crippen LogP contribution in [-0.2, 0) is 9.53 Å². The van der Waals surface area contributed by atoms with Gasteiger partial charge in [-0.15, -0.1) is 11.8 Å². The van der Waals surface area contributed by atoms with Crippen LogP contribution in [0.2, 0.25) is 0 Å². The Morgan fingerprint density at radius 1 is 1.42 bits per heavy atom. The van der Waals surface area contributed by atoms with Crippen molar-refractivity contribution >= 4 is 23.8 Å². The van der Waals surface area contributed by atoms with Gasteiger partial charge in [0, 0.05) is 5.75 Å². The van der Waals surface area contributed by atoms with E-state index in [0.717, 1.165) is 5.56 Å². The van der Waals surface area contributed by atoms with Crippen LogP contribution in [0.5, 0.6) is 0 Å². The lowest BCUT2D eigenvalue weighted by atomic mass is 10.2. The van der Waals surface area contributed by atoms with E-state index in [9.17, 15) is 14.7 Å². The van der Waals surface area contributed by atoms with Crippen LogP contribution < -0.4 is 0 Å². The SMILES string of the molecule is CCOC(=O)N1[C@H](C(=O)O)CS[C@H]1c1ccccc1. The first-order valence-corrected chi connectivity index (χ1v) is 7.04. The standard InChI is InChI=1S/C13H15NO4S/c1-2-18-13(17)14-10(12(15)16)8-19-11(14)9-6-4-3-5-7-9/h3-7,10-11H,2,8H2,1H3,(H,15,16)/t10-,11-/m0/s1. The summed E-state index contributed by atoms with van der Waals surface area (Å²) in [7, 11) is 0. The third-order valence-electron chi connectivity index (χ3n) is 2.85. The van der Waals surface area contributed by atoms with Crippen LogP contribution in [0.25, 0.3) is 0 Å². The second-order valence-electron chi connectivity index (χ2n) is 4.06. The summed E-state index contributed by atoms with van der Waals surface area (Å²) in [5.74, 6) is -0.632. The van der Waals surface area contributed by atoms with Gasteiger partial charge in [-0.05, 0) is 12.5 Å². The number of carboxylic acid groups (broad SMARTS) is 1. The molecule has 0 saturated carbocycles. The molecule has 2 rings (SSSR count). The molecule has 1 amide bonds. The van der Waals surface area contributed by atoms with Crippen LogP contribution in [0.15, 0.2) is 30.3 Å². The lowest BCUT2D eigenvalue weighted by molar-refractivity contribution is -0.141. The highest BCUT2D eigenvalue weighted by Gasteiger charge is 2.43. The monoisotopic (exact) mass is 281 g/mol. The molecule has 5 nitrogen and oxygen atoms in total. The number of thioether (sulfide) groups is 1. The van der Waals surface area contributed by atoms with Crippen LogP contribution in [0.1, 0.15) is 17.9 Å². The van der Waals surface area contributed by atoms with E-state index >= 15 is 0 Å². The van der Waals surface area contributed by atoms with Gasteiger partial charge in [0.1, 0.15) is 11.4 Å². The molecular formula is C13H15NO4S. The minimum atomic E-state index is -1.00. The number of rotatable bonds is 3. The van der Waals surface area contributed by atoms with Crippen molar-refractivity contribution in [1.29, 1.82) is 0 Å². The number of carbonyl (C=O) groups excluding carboxylic acids is 1. The summed E-state index contributed by atoms with van der Waals surface area (Å²) in [5.41, 5.74) is 0.907. The first-order valence-electron chi connectivity index (χ1n) is 5.99. The van der Waals surface area contributed by atoms with E-state index in [-0.39, 0.29) is 12.0 Å². The van der Waals surface area contributed by atoms with Gasteiger partial charge in [0.15, 0.2) is 0 Å². The predicted molar refractivity (Wildman–Crippen MR) is 71.9 cm³/mol. The van der Waals surface area contributed by atoms with E-state index < -0.39 is 18.1 Å². The topological polar surface area (TPSA) is 66.8 Å². The summed E-state index contributed by atoms with van der Waals surface area (Å²) >= 11 is 1.44. The first-order chi connectivity index (χ1) is 9.15. The number of benzene rings is 1. The molecule has 1 fully saturated rings. The normalized spacial score (nSPS) is 22.3. The smallest absolute Gasteiger partial charge is 0.411 e. The van der Waals surface area contributed by atoms with Crippen molar-refractivity contribution in [3.05, 3.63) is 35.9 Å². The van der Waals surface area contributed by atoms with Crippen molar-refractivity contribution in [2.45, 2.75) is 18.3 Å². The van der Waals surface area contributed by atoms with E-state index in [1.54, 1.807) is 6.92 Å². The summed E-state index contributed by atoms with van der Waals surface area (Å²) in [4.78, 5) is 24.5. The first kappa shape index (κ1) is 13.7. The number of hydrogen-bond donors (Lipinski definition) is 1. The van der Waals surface area contributed by atoms with E-state index in [1.165, 1.54) is 16.7 Å². The quantitative estimate of drug-likeness (QED) is 0.921. The Labute approximate surface area is 115 Å². The van der Waals surface area contributed by atoms with E-state index in [4.69, 9.17) is 4.74 Å². The highest BCUT2D eigenvalue weighted by molar-refractivity contribution is 7.99. The van der Waals surface area contributed by atoms with Gasteiger partial charge in [0.05, 0.1) is 6.61 Å². The zero-order valence-electron chi connectivity index (χ0n) is 10.5. The maximum absolute atomic E-state index is 12.0. The summed E-state index contributed by atoms with van der Waals surface area (Å²) < 4.78 is 4.97. The Bertz CT molecular complexity index is 465. The maximum atomic E-state index is 12.0. The second-order valence-corrected chi connectivity index (χ2v) is 5.17. The van der Waals surface area contributed by atoms with Crippen LogP contribution >= 0.6 is 11.8 Å². The number of nitrogens with zero attached hydrogens (tertiary/aromatic N) is 1. The third-order valence-corrected chi connectivity index (χ3v) is 4.17. The van der Waals surface area contributed by atoms with Gasteiger partial charge in [-0.2, -0.15) is 0 Å². The third kappa shape index (κ3) is 2.84. The van der Waals surface area contributed by atoms with E-state index in [0.29, 0.717) is 5.75 Å². The molecule has 0 bridgehead atoms. The molecule has 1 heterocycles. The number of ether oxygens (including phenoxy) is 1. The van der Waals surface area contributed by atoms with E-state index in [1.807, 2.05) is 30.3 Å². The van der Waals surface area contributed by atoms with Gasteiger partial charge < -0.3 is 9.84 Å². The number of amides is 1. The van der Waals surface area contributed by atoms with Crippen molar-refractivity contribution in [1.82, 2.24) is 4.90 Å². The summed E-state index contributed by atoms with van der Waals surface area (Å²) in [5, 5.41) is 8.90. The van der Waals surface area contributed by atoms with Gasteiger partial charge in [-0.25, -0.2) is 9.59 Å². The van der Waals surface area contributed by atoms with Crippen LogP contribution in [0.3, 0.4) is 0 Å². The van der Waals surface area contributed by atoms with E-state index in [2.05, 4.69) is 0 Å². The van der Waals surface area contributed by atoms with Crippen molar-refractivity contribution < 1.29 is 19.4 Å². The van der Waals surface area contributed by atoms with Gasteiger partial charge in [0.25, 0.3) is 0 Å². The summed E-state index contributed by atoms with van der Waals surface area (Å²) in [6, 6.07) is 8.55. The number of hydrogen-bond acceptors (Lipinski definition) is 4. The Kier molecular flexibility index (Phi) is 4.31. The molecule has 19 heavy (non-hydrogen) atoms. The molecule has 1 aromatic rings. The molecule has 1 aliphatic rings. The van der Waals surface area contributed by atoms with Gasteiger partial charge in [-0.3, -0.25) is 4.90 Å². The number of aliphatic carboxylic acids is 1. The summed E-state index contributed by atoms with van der Waals surface area (Å²) in [6.45, 7) is 1.93. The highest BCUT2D eigenvalue weighted by Crippen LogP contribution is 2.41. The van der Waals surface area contributed by atoms with Crippen LogP contribution in [0, 0.1) is 0 Å². The molecule has 1 aliphatic heterocycles. The molecule has 0 unspecified atom stereocenters. The molecule has 102 valence electrons. The fraction of sp³-hybridized carbons (Fsp3) is 0.385. The van der Waals surface area contributed by atoms with Crippen molar-refractivity contribution in [2.24, 2.45) is 0 Å². The van der Waals surface area contributed by atoms with Crippen molar-refractivity contribution in [2.75, 3.05) is 12.4 Å². The molecule has 0 aromatic heterocycles. The predicted octanol–water partition coefficient (Wildman–Crippen LogP) is 2.34. The Morgan fingerprint density at radius 3 is 2.68 bits per heavy atom. The second kappa shape index (κ2) is 5.97. The maximum Gasteiger partial charge on any atom is 0.411 e. The zero-order chi connectivity index (χ0) is 13.8. The average molecular weight is 281 g/mol. The number of carboxylic acids is 1. The van der Waals surface area contributed by atoms with Gasteiger partial charge >= 0.3 is 12.1 Å². The molecule has 0 radical (unpaired) electrons. The molecule has 1 saturated heterocycles. The van der Waals surface area contributed by atoms with Crippen LogP contribution in [0.4, 0.5) is 4.79 Å². The minimum absolute atomic E-state index is 0.230. The lowest BCUT2D eigenvalue weighted by Gasteiger charge is -2.26. The fourth-order valence-electron chi connectivity index (χ4n) is 1.99. The average Bonchev–Trinajstić information content (AvgIpc) is 2.85. The zero-order valence-corrected chi connectivity index (χ0v) is 11.3. The molecule has 2 atom stereocenters. The lowest BCUT2D eigenvalue weighted by Crippen LogP contribution is -2.43. The molecule has 0 spiro atoms. The number of carbonyl (C=O) groups is 2. The minimum Gasteiger partial charge on any atom is -0.480 e. The molecule has 1 N–H and O–H groups in total. The molecule has 1 aromatic carbocycles. The highest BCUT2D eigenvalue weighted by atomic mass is 32.2. The summed E-state index contributed by atoms with van der Waals surface area (Å²) in [6.07, 6.45) is -0.575. The molecule has 0 aliphatic carbocycles. The van der Waals surface area contributed by atoms with Crippen LogP contribution in [-0.4, -0.2) is 40.5 Å². The Morgan fingerprint density at radius 2 is 2.11 bits per heavy atom. The Balaban J connectivity index is 2.28. The van der Waals surface area contributed by atoms with Crippen molar-refractivity contribution in [3.8, 4) is 0 Å². The largest absolute Gasteiger partial charge is 0.480 e. The van der Waals surface area contributed by atoms with Gasteiger partial charge in [0.2, 0.25) is 0 Å². The van der Waals surface area contributed by atoms with Gasteiger partial charge in [-0.1, -0.05) is 30.3 Å². The molecular weight excluding hydrogens is 266 g/mol. The molecule has 6 heteroatoms. The Hall–Kier alpha value is -1.69. The fourth-order valence-corrected chi connectivity index (χ4v) is 3.40.